The fourth-order valence-corrected chi connectivity index (χ4v) is 1.63. The first-order valence-electron chi connectivity index (χ1n) is 4.43. The highest BCUT2D eigenvalue weighted by Gasteiger charge is 2.29. The predicted octanol–water partition coefficient (Wildman–Crippen LogP) is 0.666. The molecule has 1 saturated heterocycles. The van der Waals surface area contributed by atoms with Crippen LogP contribution >= 0.6 is 0 Å². The van der Waals surface area contributed by atoms with Crippen molar-refractivity contribution in [3.63, 3.8) is 0 Å². The lowest BCUT2D eigenvalue weighted by Crippen LogP contribution is -2.54. The Morgan fingerprint density at radius 2 is 2.18 bits per heavy atom. The third-order valence-corrected chi connectivity index (χ3v) is 2.56. The normalized spacial score (nSPS) is 26.9. The quantitative estimate of drug-likeness (QED) is 0.602. The molecule has 1 aliphatic heterocycles. The van der Waals surface area contributed by atoms with Gasteiger partial charge in [0.05, 0.1) is 0 Å². The molecule has 0 aromatic heterocycles. The van der Waals surface area contributed by atoms with Gasteiger partial charge in [-0.25, -0.2) is 5.43 Å². The first kappa shape index (κ1) is 7.10. The fourth-order valence-electron chi connectivity index (χ4n) is 1.63. The molecular weight excluding hydrogens is 140 g/mol. The average Bonchev–Trinajstić information content (AvgIpc) is 1.90. The predicted molar refractivity (Wildman–Crippen MR) is 41.7 cm³/mol. The zero-order valence-electron chi connectivity index (χ0n) is 6.68. The van der Waals surface area contributed by atoms with Gasteiger partial charge in [0.15, 0.2) is 0 Å². The Balaban J connectivity index is 1.93. The molecule has 1 N–H and O–H groups in total. The van der Waals surface area contributed by atoms with Crippen molar-refractivity contribution in [2.45, 2.75) is 38.1 Å². The van der Waals surface area contributed by atoms with Crippen LogP contribution in [0.3, 0.4) is 0 Å². The number of carbonyl (C=O) groups is 1. The topological polar surface area (TPSA) is 32.3 Å². The van der Waals surface area contributed by atoms with Gasteiger partial charge in [-0.1, -0.05) is 0 Å². The summed E-state index contributed by atoms with van der Waals surface area (Å²) in [7, 11) is 0. The number of carbonyl (C=O) groups excluding carboxylic acids is 1. The molecule has 3 nitrogen and oxygen atoms in total. The molecule has 0 radical (unpaired) electrons. The first-order chi connectivity index (χ1) is 5.38. The smallest absolute Gasteiger partial charge is 0.236 e. The highest BCUT2D eigenvalue weighted by atomic mass is 16.2. The second kappa shape index (κ2) is 2.81. The highest BCUT2D eigenvalue weighted by molar-refractivity contribution is 5.76. The van der Waals surface area contributed by atoms with Crippen LogP contribution in [0.25, 0.3) is 0 Å². The molecule has 11 heavy (non-hydrogen) atoms. The van der Waals surface area contributed by atoms with Gasteiger partial charge in [0.2, 0.25) is 5.91 Å². The van der Waals surface area contributed by atoms with Crippen LogP contribution in [0.5, 0.6) is 0 Å². The highest BCUT2D eigenvalue weighted by Crippen LogP contribution is 2.25. The van der Waals surface area contributed by atoms with E-state index in [2.05, 4.69) is 5.43 Å². The number of amides is 1. The molecular formula is C8H14N2O. The van der Waals surface area contributed by atoms with E-state index < -0.39 is 0 Å². The molecule has 2 aliphatic rings. The maximum Gasteiger partial charge on any atom is 0.236 e. The Morgan fingerprint density at radius 3 is 2.73 bits per heavy atom. The summed E-state index contributed by atoms with van der Waals surface area (Å²) in [6.45, 7) is 0.974. The second-order valence-electron chi connectivity index (χ2n) is 3.36. The summed E-state index contributed by atoms with van der Waals surface area (Å²) in [5, 5.41) is 1.85. The Morgan fingerprint density at radius 1 is 1.36 bits per heavy atom. The van der Waals surface area contributed by atoms with E-state index in [9.17, 15) is 4.79 Å². The van der Waals surface area contributed by atoms with Crippen LogP contribution in [0.4, 0.5) is 0 Å². The van der Waals surface area contributed by atoms with Crippen LogP contribution in [-0.2, 0) is 4.79 Å². The van der Waals surface area contributed by atoms with Crippen molar-refractivity contribution in [3.05, 3.63) is 0 Å². The van der Waals surface area contributed by atoms with Crippen molar-refractivity contribution in [1.82, 2.24) is 10.4 Å². The lowest BCUT2D eigenvalue weighted by atomic mass is 9.92. The van der Waals surface area contributed by atoms with Crippen LogP contribution in [0, 0.1) is 0 Å². The van der Waals surface area contributed by atoms with Gasteiger partial charge in [0.1, 0.15) is 0 Å². The van der Waals surface area contributed by atoms with Crippen LogP contribution in [0.2, 0.25) is 0 Å². The minimum absolute atomic E-state index is 0.293. The molecule has 3 heteroatoms. The summed E-state index contributed by atoms with van der Waals surface area (Å²) >= 11 is 0. The molecule has 1 amide bonds. The molecule has 0 aromatic carbocycles. The lowest BCUT2D eigenvalue weighted by molar-refractivity contribution is -0.142. The van der Waals surface area contributed by atoms with E-state index >= 15 is 0 Å². The van der Waals surface area contributed by atoms with Crippen molar-refractivity contribution >= 4 is 5.91 Å². The SMILES string of the molecule is O=C1CCCNN1C1CCC1. The van der Waals surface area contributed by atoms with E-state index in [1.54, 1.807) is 0 Å². The molecule has 0 atom stereocenters. The number of hydrogen-bond donors (Lipinski definition) is 1. The van der Waals surface area contributed by atoms with E-state index in [4.69, 9.17) is 0 Å². The van der Waals surface area contributed by atoms with Crippen LogP contribution in [0.1, 0.15) is 32.1 Å². The fraction of sp³-hybridized carbons (Fsp3) is 0.875. The number of hydrazine groups is 1. The van der Waals surface area contributed by atoms with Gasteiger partial charge in [0, 0.05) is 19.0 Å². The monoisotopic (exact) mass is 154 g/mol. The van der Waals surface area contributed by atoms with E-state index in [0.29, 0.717) is 11.9 Å². The number of hydrogen-bond acceptors (Lipinski definition) is 2. The van der Waals surface area contributed by atoms with Crippen molar-refractivity contribution in [3.8, 4) is 0 Å². The Hall–Kier alpha value is -0.570. The second-order valence-corrected chi connectivity index (χ2v) is 3.36. The number of rotatable bonds is 1. The molecule has 2 rings (SSSR count). The molecule has 1 aliphatic carbocycles. The van der Waals surface area contributed by atoms with Gasteiger partial charge in [0.25, 0.3) is 0 Å². The van der Waals surface area contributed by atoms with Crippen LogP contribution in [-0.4, -0.2) is 23.5 Å². The lowest BCUT2D eigenvalue weighted by Gasteiger charge is -2.39. The van der Waals surface area contributed by atoms with E-state index in [1.807, 2.05) is 5.01 Å². The summed E-state index contributed by atoms with van der Waals surface area (Å²) in [4.78, 5) is 11.3. The standard InChI is InChI=1S/C8H14N2O/c11-8-5-2-6-9-10(8)7-3-1-4-7/h7,9H,1-6H2. The summed E-state index contributed by atoms with van der Waals surface area (Å²) in [6, 6.07) is 0.516. The first-order valence-corrected chi connectivity index (χ1v) is 4.43. The summed E-state index contributed by atoms with van der Waals surface area (Å²) in [6.07, 6.45) is 5.42. The van der Waals surface area contributed by atoms with Crippen molar-refractivity contribution in [1.29, 1.82) is 0 Å². The van der Waals surface area contributed by atoms with Gasteiger partial charge >= 0.3 is 0 Å². The van der Waals surface area contributed by atoms with Crippen LogP contribution < -0.4 is 5.43 Å². The minimum atomic E-state index is 0.293. The molecule has 1 heterocycles. The van der Waals surface area contributed by atoms with Crippen molar-refractivity contribution in [2.24, 2.45) is 0 Å². The Bertz CT molecular complexity index is 165. The molecule has 0 unspecified atom stereocenters. The maximum atomic E-state index is 11.3. The Kier molecular flexibility index (Phi) is 1.82. The maximum absolute atomic E-state index is 11.3. The zero-order chi connectivity index (χ0) is 7.68. The van der Waals surface area contributed by atoms with E-state index in [0.717, 1.165) is 19.4 Å². The minimum Gasteiger partial charge on any atom is -0.275 e. The molecule has 1 saturated carbocycles. The van der Waals surface area contributed by atoms with Gasteiger partial charge < -0.3 is 0 Å². The van der Waals surface area contributed by atoms with Gasteiger partial charge in [-0.15, -0.1) is 0 Å². The van der Waals surface area contributed by atoms with E-state index in [1.165, 1.54) is 19.3 Å². The molecule has 0 spiro atoms. The largest absolute Gasteiger partial charge is 0.275 e. The number of nitrogens with zero attached hydrogens (tertiary/aromatic N) is 1. The molecule has 62 valence electrons. The molecule has 2 fully saturated rings. The summed E-state index contributed by atoms with van der Waals surface area (Å²) in [5.74, 6) is 0.293. The summed E-state index contributed by atoms with van der Waals surface area (Å²) < 4.78 is 0. The van der Waals surface area contributed by atoms with Gasteiger partial charge in [-0.05, 0) is 25.7 Å². The van der Waals surface area contributed by atoms with Crippen molar-refractivity contribution < 1.29 is 4.79 Å². The Labute approximate surface area is 66.7 Å². The zero-order valence-corrected chi connectivity index (χ0v) is 6.68. The van der Waals surface area contributed by atoms with Gasteiger partial charge in [-0.2, -0.15) is 0 Å². The molecule has 0 bridgehead atoms. The van der Waals surface area contributed by atoms with Crippen LogP contribution in [0.15, 0.2) is 0 Å². The van der Waals surface area contributed by atoms with Gasteiger partial charge in [-0.3, -0.25) is 9.80 Å². The number of nitrogens with one attached hydrogen (secondary N) is 1. The third kappa shape index (κ3) is 1.25. The summed E-state index contributed by atoms with van der Waals surface area (Å²) in [5.41, 5.74) is 3.15. The molecule has 0 aromatic rings. The average molecular weight is 154 g/mol. The van der Waals surface area contributed by atoms with Crippen molar-refractivity contribution in [2.75, 3.05) is 6.54 Å². The van der Waals surface area contributed by atoms with E-state index in [-0.39, 0.29) is 0 Å². The third-order valence-electron chi connectivity index (χ3n) is 2.56.